The van der Waals surface area contributed by atoms with Gasteiger partial charge < -0.3 is 69.0 Å². The van der Waals surface area contributed by atoms with Crippen LogP contribution in [0.3, 0.4) is 0 Å². The number of methoxy groups -OCH3 is 1. The first-order valence-corrected chi connectivity index (χ1v) is 12.7. The average Bonchev–Trinajstić information content (AvgIpc) is 3.25. The van der Waals surface area contributed by atoms with Crippen molar-refractivity contribution in [1.29, 1.82) is 0 Å². The molecule has 8 N–H and O–H groups in total. The largest absolute Gasteiger partial charge is 0.504 e. The normalized spacial score (nSPS) is 31.4. The molecule has 0 saturated carbocycles. The Morgan fingerprint density at radius 1 is 0.976 bits per heavy atom. The predicted octanol–water partition coefficient (Wildman–Crippen LogP) is -1.48. The Morgan fingerprint density at radius 2 is 1.74 bits per heavy atom. The van der Waals surface area contributed by atoms with Crippen LogP contribution in [0.1, 0.15) is 0 Å². The monoisotopic (exact) mass is 594 g/mol. The van der Waals surface area contributed by atoms with Crippen LogP contribution in [0, 0.1) is 0 Å². The quantitative estimate of drug-likeness (QED) is 0.110. The van der Waals surface area contributed by atoms with Crippen molar-refractivity contribution in [2.75, 3.05) is 26.9 Å². The van der Waals surface area contributed by atoms with Gasteiger partial charge in [-0.15, -0.1) is 0 Å². The summed E-state index contributed by atoms with van der Waals surface area (Å²) in [7, 11) is 1.36. The van der Waals surface area contributed by atoms with Crippen molar-refractivity contribution in [3.63, 3.8) is 0 Å². The molecule has 3 heterocycles. The molecule has 0 amide bonds. The molecule has 5 rings (SSSR count). The van der Waals surface area contributed by atoms with Gasteiger partial charge in [0.05, 0.1) is 32.3 Å². The molecule has 3 aromatic rings. The summed E-state index contributed by atoms with van der Waals surface area (Å²) in [6, 6.07) is 7.90. The molecule has 15 nitrogen and oxygen atoms in total. The maximum absolute atomic E-state index is 12.4. The van der Waals surface area contributed by atoms with Gasteiger partial charge in [0.25, 0.3) is 0 Å². The molecule has 3 unspecified atom stereocenters. The molecule has 15 heteroatoms. The van der Waals surface area contributed by atoms with Crippen molar-refractivity contribution in [3.8, 4) is 34.1 Å². The summed E-state index contributed by atoms with van der Waals surface area (Å²) in [6.45, 7) is -1.87. The third-order valence-electron chi connectivity index (χ3n) is 7.20. The van der Waals surface area contributed by atoms with Crippen LogP contribution >= 0.6 is 0 Å². The van der Waals surface area contributed by atoms with Crippen molar-refractivity contribution in [1.82, 2.24) is 0 Å². The standard InChI is InChI=1S/C27H30O15/c1-37-12-5-16-20(13(7-19(31)40-16)11-2-3-14(29)15(30)4-11)17(6-12)41-26-24(35)27(36,10-39-26)9-38-25-23(34)22(33)21(32)18(8-28)42-25/h2-7,18,21-26,28-30,32-36H,8-10H2,1H3/t18?,21-,22+,23?,24-,25-,26+,27?/m1/s1. The van der Waals surface area contributed by atoms with Crippen LogP contribution in [0.15, 0.2) is 45.6 Å². The molecule has 0 aliphatic carbocycles. The van der Waals surface area contributed by atoms with E-state index in [9.17, 15) is 45.6 Å². The number of ether oxygens (including phenoxy) is 5. The van der Waals surface area contributed by atoms with Crippen LogP contribution < -0.4 is 15.1 Å². The predicted molar refractivity (Wildman–Crippen MR) is 139 cm³/mol. The Hall–Kier alpha value is -3.51. The van der Waals surface area contributed by atoms with Crippen LogP contribution in [0.25, 0.3) is 22.1 Å². The Morgan fingerprint density at radius 3 is 2.43 bits per heavy atom. The Bertz CT molecular complexity index is 1490. The minimum Gasteiger partial charge on any atom is -0.504 e. The molecule has 2 fully saturated rings. The smallest absolute Gasteiger partial charge is 0.336 e. The Labute approximate surface area is 236 Å². The van der Waals surface area contributed by atoms with Crippen molar-refractivity contribution in [2.45, 2.75) is 48.7 Å². The minimum atomic E-state index is -2.10. The lowest BCUT2D eigenvalue weighted by molar-refractivity contribution is -0.310. The SMILES string of the molecule is COc1cc(O[C@@H]2OCC(O)(CO[C@@H]3OC(CO)[C@@H](O)[C@H](O)C3O)[C@@H]2O)c2c(-c3ccc(O)c(O)c3)cc(=O)oc2c1. The van der Waals surface area contributed by atoms with Gasteiger partial charge >= 0.3 is 5.63 Å². The molecular formula is C27H30O15. The van der Waals surface area contributed by atoms with Crippen molar-refractivity contribution >= 4 is 11.0 Å². The fourth-order valence-corrected chi connectivity index (χ4v) is 4.81. The number of aliphatic hydroxyl groups excluding tert-OH is 5. The lowest BCUT2D eigenvalue weighted by Gasteiger charge is -2.40. The van der Waals surface area contributed by atoms with E-state index in [1.54, 1.807) is 0 Å². The highest BCUT2D eigenvalue weighted by Crippen LogP contribution is 2.41. The molecule has 2 aromatic carbocycles. The number of hydrogen-bond donors (Lipinski definition) is 8. The first-order valence-electron chi connectivity index (χ1n) is 12.7. The van der Waals surface area contributed by atoms with Crippen molar-refractivity contribution in [3.05, 3.63) is 46.8 Å². The second-order valence-electron chi connectivity index (χ2n) is 10.0. The van der Waals surface area contributed by atoms with E-state index in [0.717, 1.165) is 6.07 Å². The molecule has 0 bridgehead atoms. The average molecular weight is 595 g/mol. The van der Waals surface area contributed by atoms with Gasteiger partial charge in [-0.2, -0.15) is 0 Å². The highest BCUT2D eigenvalue weighted by molar-refractivity contribution is 5.98. The molecule has 1 aromatic heterocycles. The van der Waals surface area contributed by atoms with E-state index >= 15 is 0 Å². The van der Waals surface area contributed by atoms with Gasteiger partial charge in [-0.25, -0.2) is 4.79 Å². The number of aromatic hydroxyl groups is 2. The maximum Gasteiger partial charge on any atom is 0.336 e. The van der Waals surface area contributed by atoms with E-state index in [4.69, 9.17) is 28.1 Å². The fraction of sp³-hybridized carbons (Fsp3) is 0.444. The van der Waals surface area contributed by atoms with Gasteiger partial charge in [0, 0.05) is 23.8 Å². The first kappa shape index (κ1) is 30.0. The van der Waals surface area contributed by atoms with Gasteiger partial charge in [0.1, 0.15) is 53.2 Å². The third-order valence-corrected chi connectivity index (χ3v) is 7.20. The second kappa shape index (κ2) is 11.6. The van der Waals surface area contributed by atoms with E-state index in [1.807, 2.05) is 0 Å². The van der Waals surface area contributed by atoms with E-state index < -0.39 is 79.9 Å². The number of benzene rings is 2. The van der Waals surface area contributed by atoms with Crippen LogP contribution in [0.4, 0.5) is 0 Å². The van der Waals surface area contributed by atoms with Gasteiger partial charge in [-0.1, -0.05) is 6.07 Å². The number of aliphatic hydroxyl groups is 6. The first-order chi connectivity index (χ1) is 19.9. The van der Waals surface area contributed by atoms with E-state index in [1.165, 1.54) is 37.4 Å². The van der Waals surface area contributed by atoms with Crippen LogP contribution in [0.5, 0.6) is 23.0 Å². The molecule has 228 valence electrons. The molecule has 0 radical (unpaired) electrons. The molecule has 0 spiro atoms. The lowest BCUT2D eigenvalue weighted by Crippen LogP contribution is -2.60. The second-order valence-corrected chi connectivity index (χ2v) is 10.0. The van der Waals surface area contributed by atoms with Crippen LogP contribution in [0.2, 0.25) is 0 Å². The van der Waals surface area contributed by atoms with Crippen molar-refractivity contribution < 1.29 is 69.0 Å². The highest BCUT2D eigenvalue weighted by atomic mass is 16.7. The molecule has 2 aliphatic heterocycles. The van der Waals surface area contributed by atoms with Gasteiger partial charge in [0.15, 0.2) is 17.8 Å². The zero-order valence-corrected chi connectivity index (χ0v) is 22.1. The number of phenolic OH excluding ortho intramolecular Hbond substituents is 2. The molecule has 42 heavy (non-hydrogen) atoms. The molecule has 2 saturated heterocycles. The summed E-state index contributed by atoms with van der Waals surface area (Å²) in [5.74, 6) is -0.611. The number of rotatable bonds is 8. The van der Waals surface area contributed by atoms with E-state index in [0.29, 0.717) is 5.56 Å². The zero-order chi connectivity index (χ0) is 30.3. The summed E-state index contributed by atoms with van der Waals surface area (Å²) in [5, 5.41) is 81.5. The summed E-state index contributed by atoms with van der Waals surface area (Å²) < 4.78 is 32.8. The van der Waals surface area contributed by atoms with Gasteiger partial charge in [-0.05, 0) is 17.7 Å². The fourth-order valence-electron chi connectivity index (χ4n) is 4.81. The molecule has 2 aliphatic rings. The lowest BCUT2D eigenvalue weighted by atomic mass is 9.98. The van der Waals surface area contributed by atoms with Gasteiger partial charge in [0.2, 0.25) is 6.29 Å². The van der Waals surface area contributed by atoms with Crippen molar-refractivity contribution in [2.24, 2.45) is 0 Å². The summed E-state index contributed by atoms with van der Waals surface area (Å²) in [6.07, 6.45) is -11.1. The number of hydrogen-bond acceptors (Lipinski definition) is 15. The maximum atomic E-state index is 12.4. The van der Waals surface area contributed by atoms with E-state index in [-0.39, 0.29) is 33.8 Å². The van der Waals surface area contributed by atoms with Crippen LogP contribution in [-0.2, 0) is 14.2 Å². The van der Waals surface area contributed by atoms with Gasteiger partial charge in [-0.3, -0.25) is 0 Å². The summed E-state index contributed by atoms with van der Waals surface area (Å²) >= 11 is 0. The zero-order valence-electron chi connectivity index (χ0n) is 22.1. The minimum absolute atomic E-state index is 0.00110. The van der Waals surface area contributed by atoms with E-state index in [2.05, 4.69) is 0 Å². The highest BCUT2D eigenvalue weighted by Gasteiger charge is 2.52. The topological polar surface area (TPSA) is 238 Å². The number of fused-ring (bicyclic) bond motifs is 1. The summed E-state index contributed by atoms with van der Waals surface area (Å²) in [5.41, 5.74) is -2.26. The molecular weight excluding hydrogens is 564 g/mol. The Balaban J connectivity index is 1.42. The third kappa shape index (κ3) is 5.49. The Kier molecular flexibility index (Phi) is 8.30. The van der Waals surface area contributed by atoms with Crippen LogP contribution in [-0.4, -0.2) is 116 Å². The molecule has 8 atom stereocenters. The summed E-state index contributed by atoms with van der Waals surface area (Å²) in [4.78, 5) is 12.4. The number of phenols is 2.